The number of carbonyl (C=O) groups excluding carboxylic acids is 1. The van der Waals surface area contributed by atoms with Crippen LogP contribution in [0.1, 0.15) is 5.56 Å². The number of carbonyl (C=O) groups is 1. The summed E-state index contributed by atoms with van der Waals surface area (Å²) < 4.78 is 5.67. The maximum atomic E-state index is 12.2. The Kier molecular flexibility index (Phi) is 5.01. The first-order valence-corrected chi connectivity index (χ1v) is 8.48. The molecule has 1 N–H and O–H groups in total. The van der Waals surface area contributed by atoms with E-state index in [1.807, 2.05) is 42.5 Å². The van der Waals surface area contributed by atoms with Crippen LogP contribution in [0.4, 0.5) is 0 Å². The highest BCUT2D eigenvalue weighted by atomic mass is 32.2. The van der Waals surface area contributed by atoms with Gasteiger partial charge >= 0.3 is 0 Å². The van der Waals surface area contributed by atoms with Gasteiger partial charge in [0.15, 0.2) is 0 Å². The van der Waals surface area contributed by atoms with Crippen LogP contribution >= 0.6 is 11.8 Å². The fraction of sp³-hybridized carbons (Fsp3) is 0.278. The Balaban J connectivity index is 1.43. The van der Waals surface area contributed by atoms with Gasteiger partial charge in [0.25, 0.3) is 0 Å². The number of thioether (sulfide) groups is 1. The molecule has 1 heterocycles. The molecule has 0 spiro atoms. The zero-order valence-electron chi connectivity index (χ0n) is 12.3. The van der Waals surface area contributed by atoms with Crippen LogP contribution in [0.5, 0.6) is 5.75 Å². The molecule has 114 valence electrons. The van der Waals surface area contributed by atoms with Crippen molar-refractivity contribution in [1.29, 1.82) is 0 Å². The molecule has 1 aliphatic rings. The van der Waals surface area contributed by atoms with Gasteiger partial charge in [0.2, 0.25) is 5.91 Å². The first-order valence-electron chi connectivity index (χ1n) is 7.49. The predicted octanol–water partition coefficient (Wildman–Crippen LogP) is 3.15. The van der Waals surface area contributed by atoms with Crippen molar-refractivity contribution in [2.24, 2.45) is 5.92 Å². The number of para-hydroxylation sites is 1. The van der Waals surface area contributed by atoms with E-state index in [-0.39, 0.29) is 11.8 Å². The van der Waals surface area contributed by atoms with Gasteiger partial charge in [0.1, 0.15) is 12.4 Å². The molecular formula is C18H19NO2S. The molecule has 1 amide bonds. The normalized spacial score (nSPS) is 16.5. The molecule has 1 aliphatic heterocycles. The van der Waals surface area contributed by atoms with Crippen molar-refractivity contribution >= 4 is 17.7 Å². The second-order valence-electron chi connectivity index (χ2n) is 5.27. The van der Waals surface area contributed by atoms with Crippen molar-refractivity contribution in [2.45, 2.75) is 11.3 Å². The third-order valence-electron chi connectivity index (χ3n) is 3.66. The minimum atomic E-state index is -0.0865. The van der Waals surface area contributed by atoms with E-state index in [4.69, 9.17) is 4.74 Å². The lowest BCUT2D eigenvalue weighted by molar-refractivity contribution is -0.126. The Morgan fingerprint density at radius 1 is 1.14 bits per heavy atom. The number of fused-ring (bicyclic) bond motifs is 1. The summed E-state index contributed by atoms with van der Waals surface area (Å²) >= 11 is 1.75. The molecule has 22 heavy (non-hydrogen) atoms. The van der Waals surface area contributed by atoms with Gasteiger partial charge in [-0.2, -0.15) is 0 Å². The average Bonchev–Trinajstić information content (AvgIpc) is 2.59. The molecule has 0 aromatic heterocycles. The summed E-state index contributed by atoms with van der Waals surface area (Å²) in [4.78, 5) is 13.4. The molecule has 1 unspecified atom stereocenters. The van der Waals surface area contributed by atoms with Gasteiger partial charge in [-0.3, -0.25) is 4.79 Å². The predicted molar refractivity (Wildman–Crippen MR) is 89.3 cm³/mol. The Labute approximate surface area is 135 Å². The van der Waals surface area contributed by atoms with Crippen LogP contribution in [0.25, 0.3) is 0 Å². The molecule has 1 atom stereocenters. The summed E-state index contributed by atoms with van der Waals surface area (Å²) in [5.74, 6) is 1.78. The molecule has 0 fully saturated rings. The van der Waals surface area contributed by atoms with Crippen molar-refractivity contribution in [3.05, 3.63) is 60.2 Å². The van der Waals surface area contributed by atoms with E-state index < -0.39 is 0 Å². The highest BCUT2D eigenvalue weighted by molar-refractivity contribution is 7.99. The van der Waals surface area contributed by atoms with E-state index in [1.165, 1.54) is 4.90 Å². The number of nitrogens with one attached hydrogen (secondary N) is 1. The number of hydrogen-bond acceptors (Lipinski definition) is 3. The van der Waals surface area contributed by atoms with Crippen LogP contribution in [0, 0.1) is 5.92 Å². The molecule has 0 radical (unpaired) electrons. The van der Waals surface area contributed by atoms with Gasteiger partial charge in [-0.25, -0.2) is 0 Å². The van der Waals surface area contributed by atoms with Crippen molar-refractivity contribution in [2.75, 3.05) is 18.9 Å². The zero-order chi connectivity index (χ0) is 15.2. The molecule has 3 nitrogen and oxygen atoms in total. The Morgan fingerprint density at radius 3 is 2.77 bits per heavy atom. The topological polar surface area (TPSA) is 38.3 Å². The van der Waals surface area contributed by atoms with Gasteiger partial charge < -0.3 is 10.1 Å². The second kappa shape index (κ2) is 7.36. The zero-order valence-corrected chi connectivity index (χ0v) is 13.1. The largest absolute Gasteiger partial charge is 0.492 e. The van der Waals surface area contributed by atoms with Crippen molar-refractivity contribution < 1.29 is 9.53 Å². The van der Waals surface area contributed by atoms with Crippen LogP contribution in [0.3, 0.4) is 0 Å². The van der Waals surface area contributed by atoms with E-state index in [1.54, 1.807) is 11.8 Å². The highest BCUT2D eigenvalue weighted by Gasteiger charge is 2.25. The van der Waals surface area contributed by atoms with Crippen LogP contribution in [0.15, 0.2) is 59.5 Å². The molecular weight excluding hydrogens is 294 g/mol. The lowest BCUT2D eigenvalue weighted by Crippen LogP contribution is -2.38. The van der Waals surface area contributed by atoms with Gasteiger partial charge in [-0.05, 0) is 30.2 Å². The standard InChI is InChI=1S/C18H19NO2S/c20-18(19-10-11-22-16-7-2-1-3-8-16)15-12-14-6-4-5-9-17(14)21-13-15/h1-9,15H,10-13H2,(H,19,20). The summed E-state index contributed by atoms with van der Waals surface area (Å²) in [5, 5.41) is 3.01. The minimum absolute atomic E-state index is 0.0863. The Morgan fingerprint density at radius 2 is 1.91 bits per heavy atom. The maximum Gasteiger partial charge on any atom is 0.226 e. The average molecular weight is 313 g/mol. The highest BCUT2D eigenvalue weighted by Crippen LogP contribution is 2.26. The SMILES string of the molecule is O=C(NCCSc1ccccc1)C1COc2ccccc2C1. The Bertz CT molecular complexity index is 630. The molecule has 2 aromatic rings. The Hall–Kier alpha value is -1.94. The maximum absolute atomic E-state index is 12.2. The van der Waals surface area contributed by atoms with E-state index in [0.29, 0.717) is 13.2 Å². The minimum Gasteiger partial charge on any atom is -0.492 e. The number of hydrogen-bond donors (Lipinski definition) is 1. The van der Waals surface area contributed by atoms with Crippen molar-refractivity contribution in [3.63, 3.8) is 0 Å². The summed E-state index contributed by atoms with van der Waals surface area (Å²) in [6.07, 6.45) is 0.758. The lowest BCUT2D eigenvalue weighted by atomic mass is 9.96. The summed E-state index contributed by atoms with van der Waals surface area (Å²) in [5.41, 5.74) is 1.12. The first kappa shape index (κ1) is 15.0. The van der Waals surface area contributed by atoms with E-state index >= 15 is 0 Å². The molecule has 0 aliphatic carbocycles. The van der Waals surface area contributed by atoms with Crippen LogP contribution in [0.2, 0.25) is 0 Å². The van der Waals surface area contributed by atoms with Gasteiger partial charge in [0.05, 0.1) is 5.92 Å². The van der Waals surface area contributed by atoms with Gasteiger partial charge in [0, 0.05) is 17.2 Å². The smallest absolute Gasteiger partial charge is 0.226 e. The first-order chi connectivity index (χ1) is 10.8. The van der Waals surface area contributed by atoms with E-state index in [9.17, 15) is 4.79 Å². The third-order valence-corrected chi connectivity index (χ3v) is 4.68. The molecule has 0 bridgehead atoms. The summed E-state index contributed by atoms with van der Waals surface area (Å²) in [6.45, 7) is 1.14. The molecule has 3 rings (SSSR count). The third kappa shape index (κ3) is 3.83. The monoisotopic (exact) mass is 313 g/mol. The molecule has 0 saturated heterocycles. The number of benzene rings is 2. The molecule has 0 saturated carbocycles. The second-order valence-corrected chi connectivity index (χ2v) is 6.44. The molecule has 2 aromatic carbocycles. The number of ether oxygens (including phenoxy) is 1. The molecule has 4 heteroatoms. The number of amides is 1. The fourth-order valence-electron chi connectivity index (χ4n) is 2.50. The van der Waals surface area contributed by atoms with E-state index in [0.717, 1.165) is 23.5 Å². The van der Waals surface area contributed by atoms with Crippen LogP contribution < -0.4 is 10.1 Å². The van der Waals surface area contributed by atoms with Crippen molar-refractivity contribution in [3.8, 4) is 5.75 Å². The van der Waals surface area contributed by atoms with E-state index in [2.05, 4.69) is 17.4 Å². The fourth-order valence-corrected chi connectivity index (χ4v) is 3.29. The summed E-state index contributed by atoms with van der Waals surface area (Å²) in [7, 11) is 0. The number of rotatable bonds is 5. The van der Waals surface area contributed by atoms with Crippen LogP contribution in [-0.4, -0.2) is 24.8 Å². The lowest BCUT2D eigenvalue weighted by Gasteiger charge is -2.24. The van der Waals surface area contributed by atoms with Crippen LogP contribution in [-0.2, 0) is 11.2 Å². The summed E-state index contributed by atoms with van der Waals surface area (Å²) in [6, 6.07) is 18.2. The van der Waals surface area contributed by atoms with Crippen molar-refractivity contribution in [1.82, 2.24) is 5.32 Å². The van der Waals surface area contributed by atoms with Gasteiger partial charge in [-0.15, -0.1) is 11.8 Å². The quantitative estimate of drug-likeness (QED) is 0.681. The van der Waals surface area contributed by atoms with Gasteiger partial charge in [-0.1, -0.05) is 36.4 Å².